The molecule has 3 aliphatic rings. The lowest BCUT2D eigenvalue weighted by molar-refractivity contribution is -0.125. The van der Waals surface area contributed by atoms with Crippen LogP contribution in [0.4, 0.5) is 0 Å². The zero-order chi connectivity index (χ0) is 19.5. The fourth-order valence-electron chi connectivity index (χ4n) is 3.92. The zero-order valence-corrected chi connectivity index (χ0v) is 16.3. The number of ether oxygens (including phenoxy) is 3. The Morgan fingerprint density at radius 1 is 1.04 bits per heavy atom. The molecule has 0 atom stereocenters. The highest BCUT2D eigenvalue weighted by Crippen LogP contribution is 2.40. The van der Waals surface area contributed by atoms with Gasteiger partial charge in [-0.1, -0.05) is 30.3 Å². The molecule has 5 rings (SSSR count). The van der Waals surface area contributed by atoms with Crippen LogP contribution >= 0.6 is 0 Å². The molecule has 0 radical (unpaired) electrons. The quantitative estimate of drug-likeness (QED) is 0.712. The number of rotatable bonds is 6. The molecule has 3 saturated heterocycles. The maximum atomic E-state index is 12.6. The van der Waals surface area contributed by atoms with E-state index in [1.54, 1.807) is 14.2 Å². The van der Waals surface area contributed by atoms with Crippen molar-refractivity contribution in [2.24, 2.45) is 5.92 Å². The maximum Gasteiger partial charge on any atom is 0.203 e. The number of Topliss-reactive ketones (excluding diaryl/α,β-unsaturated/α-hetero) is 1. The van der Waals surface area contributed by atoms with Crippen LogP contribution in [-0.4, -0.2) is 38.0 Å². The van der Waals surface area contributed by atoms with E-state index in [0.717, 1.165) is 42.8 Å². The Bertz CT molecular complexity index is 858. The number of methoxy groups -OCH3 is 2. The largest absolute Gasteiger partial charge is 0.493 e. The summed E-state index contributed by atoms with van der Waals surface area (Å²) in [5.41, 5.74) is 2.73. The third-order valence-corrected chi connectivity index (χ3v) is 5.47. The van der Waals surface area contributed by atoms with Gasteiger partial charge in [0.05, 0.1) is 19.9 Å². The van der Waals surface area contributed by atoms with E-state index in [9.17, 15) is 4.79 Å². The van der Waals surface area contributed by atoms with E-state index in [1.807, 2.05) is 48.5 Å². The van der Waals surface area contributed by atoms with E-state index < -0.39 is 0 Å². The van der Waals surface area contributed by atoms with E-state index in [4.69, 9.17) is 14.2 Å². The number of hydrogen-bond donors (Lipinski definition) is 0. The highest BCUT2D eigenvalue weighted by atomic mass is 16.5. The van der Waals surface area contributed by atoms with E-state index in [-0.39, 0.29) is 11.7 Å². The van der Waals surface area contributed by atoms with Gasteiger partial charge in [-0.05, 0) is 42.2 Å². The normalized spacial score (nSPS) is 17.9. The van der Waals surface area contributed by atoms with Crippen LogP contribution < -0.4 is 14.2 Å². The molecule has 3 heterocycles. The molecule has 0 N–H and O–H groups in total. The van der Waals surface area contributed by atoms with Crippen LogP contribution in [0.25, 0.3) is 6.08 Å². The molecule has 0 amide bonds. The third-order valence-electron chi connectivity index (χ3n) is 5.47. The van der Waals surface area contributed by atoms with Gasteiger partial charge in [0.2, 0.25) is 5.75 Å². The Kier molecular flexibility index (Phi) is 5.24. The van der Waals surface area contributed by atoms with Crippen molar-refractivity contribution in [2.75, 3.05) is 27.3 Å². The highest BCUT2D eigenvalue weighted by Gasteiger charge is 2.36. The predicted octanol–water partition coefficient (Wildman–Crippen LogP) is 3.92. The van der Waals surface area contributed by atoms with Crippen molar-refractivity contribution < 1.29 is 19.0 Å². The minimum absolute atomic E-state index is 0.175. The molecule has 28 heavy (non-hydrogen) atoms. The second kappa shape index (κ2) is 7.97. The van der Waals surface area contributed by atoms with Crippen molar-refractivity contribution in [2.45, 2.75) is 19.4 Å². The second-order valence-electron chi connectivity index (χ2n) is 7.18. The number of carbonyl (C=O) groups is 1. The average molecular weight is 379 g/mol. The molecule has 146 valence electrons. The second-order valence-corrected chi connectivity index (χ2v) is 7.18. The first-order valence-corrected chi connectivity index (χ1v) is 9.63. The summed E-state index contributed by atoms with van der Waals surface area (Å²) in [6.45, 7) is 2.32. The lowest BCUT2D eigenvalue weighted by Gasteiger charge is -2.41. The van der Waals surface area contributed by atoms with Gasteiger partial charge in [0.25, 0.3) is 0 Å². The first-order chi connectivity index (χ1) is 13.7. The number of hydrogen-bond acceptors (Lipinski definition) is 5. The molecule has 3 fully saturated rings. The SMILES string of the molecule is COc1cc(/C=C2/C(=O)C3CCN2CC3)cc(OC)c1OCc1ccccc1. The number of carbonyl (C=O) groups excluding carboxylic acids is 1. The molecule has 5 nitrogen and oxygen atoms in total. The number of fused-ring (bicyclic) bond motifs is 3. The number of nitrogens with zero attached hydrogens (tertiary/aromatic N) is 1. The van der Waals surface area contributed by atoms with Gasteiger partial charge in [0.1, 0.15) is 6.61 Å². The molecule has 3 aliphatic heterocycles. The minimum Gasteiger partial charge on any atom is -0.493 e. The van der Waals surface area contributed by atoms with Crippen LogP contribution in [0, 0.1) is 5.92 Å². The van der Waals surface area contributed by atoms with Crippen LogP contribution in [0.15, 0.2) is 48.2 Å². The summed E-state index contributed by atoms with van der Waals surface area (Å²) >= 11 is 0. The monoisotopic (exact) mass is 379 g/mol. The van der Waals surface area contributed by atoms with Crippen molar-refractivity contribution in [3.63, 3.8) is 0 Å². The molecule has 0 saturated carbocycles. The van der Waals surface area contributed by atoms with Gasteiger partial charge in [0.15, 0.2) is 17.3 Å². The zero-order valence-electron chi connectivity index (χ0n) is 16.3. The lowest BCUT2D eigenvalue weighted by atomic mass is 9.84. The molecule has 0 spiro atoms. The first kappa shape index (κ1) is 18.4. The summed E-state index contributed by atoms with van der Waals surface area (Å²) in [5, 5.41) is 0. The molecule has 0 aromatic heterocycles. The van der Waals surface area contributed by atoms with E-state index >= 15 is 0 Å². The number of benzene rings is 2. The Balaban J connectivity index is 1.63. The van der Waals surface area contributed by atoms with Crippen LogP contribution in [0.2, 0.25) is 0 Å². The molecule has 2 bridgehead atoms. The number of piperidine rings is 3. The highest BCUT2D eigenvalue weighted by molar-refractivity contribution is 6.02. The fraction of sp³-hybridized carbons (Fsp3) is 0.348. The summed E-state index contributed by atoms with van der Waals surface area (Å²) in [5.74, 6) is 2.16. The van der Waals surface area contributed by atoms with Gasteiger partial charge >= 0.3 is 0 Å². The van der Waals surface area contributed by atoms with Crippen LogP contribution in [0.3, 0.4) is 0 Å². The summed E-state index contributed by atoms with van der Waals surface area (Å²) < 4.78 is 17.1. The standard InChI is InChI=1S/C23H25NO4/c1-26-20-13-17(12-19-22(25)18-8-10-24(19)11-9-18)14-21(27-2)23(20)28-15-16-6-4-3-5-7-16/h3-7,12-14,18H,8-11,15H2,1-2H3/b19-12-. The molecule has 0 aliphatic carbocycles. The topological polar surface area (TPSA) is 48.0 Å². The number of ketones is 1. The summed E-state index contributed by atoms with van der Waals surface area (Å²) in [4.78, 5) is 14.8. The summed E-state index contributed by atoms with van der Waals surface area (Å²) in [6.07, 6.45) is 3.88. The smallest absolute Gasteiger partial charge is 0.203 e. The van der Waals surface area contributed by atoms with Gasteiger partial charge in [-0.15, -0.1) is 0 Å². The van der Waals surface area contributed by atoms with Gasteiger partial charge in [0, 0.05) is 19.0 Å². The van der Waals surface area contributed by atoms with Crippen molar-refractivity contribution in [1.82, 2.24) is 4.90 Å². The van der Waals surface area contributed by atoms with Crippen molar-refractivity contribution in [3.8, 4) is 17.2 Å². The average Bonchev–Trinajstić information content (AvgIpc) is 2.75. The Morgan fingerprint density at radius 3 is 2.25 bits per heavy atom. The third kappa shape index (κ3) is 3.57. The molecular formula is C23H25NO4. The molecule has 2 aromatic rings. The van der Waals surface area contributed by atoms with Crippen LogP contribution in [0.1, 0.15) is 24.0 Å². The maximum absolute atomic E-state index is 12.6. The molecule has 5 heteroatoms. The molecule has 2 aromatic carbocycles. The van der Waals surface area contributed by atoms with Gasteiger partial charge in [-0.3, -0.25) is 4.79 Å². The molecule has 0 unspecified atom stereocenters. The minimum atomic E-state index is 0.175. The van der Waals surface area contributed by atoms with Crippen molar-refractivity contribution in [1.29, 1.82) is 0 Å². The Morgan fingerprint density at radius 2 is 1.68 bits per heavy atom. The lowest BCUT2D eigenvalue weighted by Crippen LogP contribution is -2.45. The first-order valence-electron chi connectivity index (χ1n) is 9.63. The Hall–Kier alpha value is -2.95. The van der Waals surface area contributed by atoms with Gasteiger partial charge in [-0.2, -0.15) is 0 Å². The van der Waals surface area contributed by atoms with E-state index in [0.29, 0.717) is 23.9 Å². The van der Waals surface area contributed by atoms with Gasteiger partial charge < -0.3 is 19.1 Å². The van der Waals surface area contributed by atoms with Gasteiger partial charge in [-0.25, -0.2) is 0 Å². The summed E-state index contributed by atoms with van der Waals surface area (Å²) in [6, 6.07) is 13.7. The Labute approximate surface area is 165 Å². The van der Waals surface area contributed by atoms with E-state index in [2.05, 4.69) is 4.90 Å². The predicted molar refractivity (Wildman–Crippen MR) is 108 cm³/mol. The van der Waals surface area contributed by atoms with Crippen molar-refractivity contribution >= 4 is 11.9 Å². The van der Waals surface area contributed by atoms with E-state index in [1.165, 1.54) is 0 Å². The van der Waals surface area contributed by atoms with Crippen LogP contribution in [0.5, 0.6) is 17.2 Å². The van der Waals surface area contributed by atoms with Crippen molar-refractivity contribution in [3.05, 3.63) is 59.3 Å². The molecular weight excluding hydrogens is 354 g/mol. The number of allylic oxidation sites excluding steroid dienone is 1. The van der Waals surface area contributed by atoms with Crippen LogP contribution in [-0.2, 0) is 11.4 Å². The summed E-state index contributed by atoms with van der Waals surface area (Å²) in [7, 11) is 3.22. The fourth-order valence-corrected chi connectivity index (χ4v) is 3.92.